The number of nitrogens with zero attached hydrogens (tertiary/aromatic N) is 1. The molecule has 0 N–H and O–H groups in total. The van der Waals surface area contributed by atoms with Gasteiger partial charge in [0.15, 0.2) is 0 Å². The highest BCUT2D eigenvalue weighted by Gasteiger charge is 2.28. The van der Waals surface area contributed by atoms with Gasteiger partial charge >= 0.3 is 5.97 Å². The van der Waals surface area contributed by atoms with E-state index in [1.807, 2.05) is 18.2 Å². The molecule has 0 aliphatic carbocycles. The third-order valence-electron chi connectivity index (χ3n) is 3.58. The van der Waals surface area contributed by atoms with E-state index in [2.05, 4.69) is 0 Å². The first-order valence-electron chi connectivity index (χ1n) is 6.91. The normalized spacial score (nSPS) is 18.8. The van der Waals surface area contributed by atoms with E-state index in [1.165, 1.54) is 13.2 Å². The van der Waals surface area contributed by atoms with Crippen molar-refractivity contribution in [2.24, 2.45) is 5.92 Å². The number of esters is 1. The first-order chi connectivity index (χ1) is 10.1. The van der Waals surface area contributed by atoms with Crippen LogP contribution in [0.25, 0.3) is 6.08 Å². The number of amides is 1. The summed E-state index contributed by atoms with van der Waals surface area (Å²) in [5.74, 6) is -0.576. The summed E-state index contributed by atoms with van der Waals surface area (Å²) in [5.41, 5.74) is 0.800. The number of carbonyl (C=O) groups is 2. The maximum absolute atomic E-state index is 12.2. The number of benzene rings is 1. The molecule has 1 amide bonds. The Kier molecular flexibility index (Phi) is 5.39. The Balaban J connectivity index is 2.00. The molecule has 1 atom stereocenters. The second-order valence-electron chi connectivity index (χ2n) is 5.00. The minimum absolute atomic E-state index is 0.108. The van der Waals surface area contributed by atoms with Gasteiger partial charge in [0.25, 0.3) is 0 Å². The van der Waals surface area contributed by atoms with E-state index in [0.29, 0.717) is 18.1 Å². The molecular formula is C16H18ClNO3. The molecule has 112 valence electrons. The third kappa shape index (κ3) is 4.08. The van der Waals surface area contributed by atoms with Gasteiger partial charge in [-0.2, -0.15) is 0 Å². The summed E-state index contributed by atoms with van der Waals surface area (Å²) < 4.78 is 4.75. The van der Waals surface area contributed by atoms with E-state index in [0.717, 1.165) is 18.4 Å². The van der Waals surface area contributed by atoms with Gasteiger partial charge < -0.3 is 9.64 Å². The highest BCUT2D eigenvalue weighted by Crippen LogP contribution is 2.19. The van der Waals surface area contributed by atoms with E-state index in [1.54, 1.807) is 17.0 Å². The first-order valence-corrected chi connectivity index (χ1v) is 7.29. The van der Waals surface area contributed by atoms with Crippen molar-refractivity contribution < 1.29 is 14.3 Å². The summed E-state index contributed by atoms with van der Waals surface area (Å²) in [6.45, 7) is 1.08. The molecule has 0 saturated carbocycles. The van der Waals surface area contributed by atoms with Gasteiger partial charge in [0.1, 0.15) is 0 Å². The van der Waals surface area contributed by atoms with Crippen molar-refractivity contribution in [1.82, 2.24) is 4.90 Å². The maximum Gasteiger partial charge on any atom is 0.310 e. The van der Waals surface area contributed by atoms with Gasteiger partial charge in [0, 0.05) is 24.2 Å². The molecule has 1 heterocycles. The van der Waals surface area contributed by atoms with Crippen LogP contribution in [0.5, 0.6) is 0 Å². The van der Waals surface area contributed by atoms with E-state index in [4.69, 9.17) is 16.3 Å². The number of ether oxygens (including phenoxy) is 1. The molecule has 0 aromatic heterocycles. The molecule has 1 aliphatic heterocycles. The Morgan fingerprint density at radius 2 is 2.14 bits per heavy atom. The van der Waals surface area contributed by atoms with Gasteiger partial charge in [-0.05, 0) is 30.5 Å². The van der Waals surface area contributed by atoms with Crippen molar-refractivity contribution in [1.29, 1.82) is 0 Å². The van der Waals surface area contributed by atoms with Crippen LogP contribution in [-0.4, -0.2) is 37.0 Å². The fraction of sp³-hybridized carbons (Fsp3) is 0.375. The highest BCUT2D eigenvalue weighted by atomic mass is 35.5. The monoisotopic (exact) mass is 307 g/mol. The minimum atomic E-state index is -0.248. The molecule has 1 aromatic carbocycles. The maximum atomic E-state index is 12.2. The average molecular weight is 308 g/mol. The summed E-state index contributed by atoms with van der Waals surface area (Å²) in [6.07, 6.45) is 4.78. The van der Waals surface area contributed by atoms with Gasteiger partial charge in [-0.25, -0.2) is 0 Å². The van der Waals surface area contributed by atoms with Gasteiger partial charge in [-0.15, -0.1) is 0 Å². The zero-order valence-electron chi connectivity index (χ0n) is 11.9. The second kappa shape index (κ2) is 7.27. The van der Waals surface area contributed by atoms with Crippen molar-refractivity contribution >= 4 is 29.6 Å². The molecule has 1 fully saturated rings. The lowest BCUT2D eigenvalue weighted by atomic mass is 9.98. The van der Waals surface area contributed by atoms with Crippen molar-refractivity contribution in [2.45, 2.75) is 12.8 Å². The number of likely N-dealkylation sites (tertiary alicyclic amines) is 1. The van der Waals surface area contributed by atoms with E-state index < -0.39 is 0 Å². The molecule has 1 saturated heterocycles. The molecule has 0 radical (unpaired) electrons. The minimum Gasteiger partial charge on any atom is -0.469 e. The third-order valence-corrected chi connectivity index (χ3v) is 3.92. The van der Waals surface area contributed by atoms with Crippen LogP contribution >= 0.6 is 11.6 Å². The molecule has 21 heavy (non-hydrogen) atoms. The number of methoxy groups -OCH3 is 1. The summed E-state index contributed by atoms with van der Waals surface area (Å²) in [5, 5.41) is 0.604. The van der Waals surface area contributed by atoms with Crippen LogP contribution in [0.1, 0.15) is 18.4 Å². The SMILES string of the molecule is COC(=O)C1CCCN(C(=O)/C=C/c2ccccc2Cl)C1. The number of piperidine rings is 1. The van der Waals surface area contributed by atoms with Crippen LogP contribution in [-0.2, 0) is 14.3 Å². The fourth-order valence-electron chi connectivity index (χ4n) is 2.41. The Bertz CT molecular complexity index is 556. The Morgan fingerprint density at radius 3 is 2.86 bits per heavy atom. The fourth-order valence-corrected chi connectivity index (χ4v) is 2.61. The highest BCUT2D eigenvalue weighted by molar-refractivity contribution is 6.32. The number of hydrogen-bond acceptors (Lipinski definition) is 3. The van der Waals surface area contributed by atoms with Crippen LogP contribution in [0.15, 0.2) is 30.3 Å². The number of rotatable bonds is 3. The predicted molar refractivity (Wildman–Crippen MR) is 81.8 cm³/mol. The average Bonchev–Trinajstić information content (AvgIpc) is 2.53. The quantitative estimate of drug-likeness (QED) is 0.637. The van der Waals surface area contributed by atoms with Gasteiger partial charge in [-0.1, -0.05) is 29.8 Å². The van der Waals surface area contributed by atoms with Crippen LogP contribution in [0.2, 0.25) is 5.02 Å². The van der Waals surface area contributed by atoms with Crippen LogP contribution < -0.4 is 0 Å². The molecule has 2 rings (SSSR count). The molecule has 1 unspecified atom stereocenters. The van der Waals surface area contributed by atoms with Crippen molar-refractivity contribution in [2.75, 3.05) is 20.2 Å². The molecule has 0 bridgehead atoms. The van der Waals surface area contributed by atoms with Gasteiger partial charge in [0.2, 0.25) is 5.91 Å². The molecule has 1 aliphatic rings. The Hall–Kier alpha value is -1.81. The van der Waals surface area contributed by atoms with Gasteiger partial charge in [-0.3, -0.25) is 9.59 Å². The second-order valence-corrected chi connectivity index (χ2v) is 5.41. The van der Waals surface area contributed by atoms with Gasteiger partial charge in [0.05, 0.1) is 13.0 Å². The van der Waals surface area contributed by atoms with E-state index >= 15 is 0 Å². The first kappa shape index (κ1) is 15.6. The lowest BCUT2D eigenvalue weighted by Crippen LogP contribution is -2.41. The summed E-state index contributed by atoms with van der Waals surface area (Å²) in [6, 6.07) is 7.33. The molecule has 4 nitrogen and oxygen atoms in total. The molecule has 0 spiro atoms. The van der Waals surface area contributed by atoms with Crippen LogP contribution in [0.4, 0.5) is 0 Å². The zero-order valence-corrected chi connectivity index (χ0v) is 12.7. The number of carbonyl (C=O) groups excluding carboxylic acids is 2. The summed E-state index contributed by atoms with van der Waals surface area (Å²) >= 11 is 6.04. The smallest absolute Gasteiger partial charge is 0.310 e. The van der Waals surface area contributed by atoms with Crippen molar-refractivity contribution in [3.8, 4) is 0 Å². The van der Waals surface area contributed by atoms with Crippen LogP contribution in [0.3, 0.4) is 0 Å². The summed E-state index contributed by atoms with van der Waals surface area (Å²) in [7, 11) is 1.38. The number of hydrogen-bond donors (Lipinski definition) is 0. The summed E-state index contributed by atoms with van der Waals surface area (Å²) in [4.78, 5) is 25.4. The van der Waals surface area contributed by atoms with Crippen molar-refractivity contribution in [3.63, 3.8) is 0 Å². The topological polar surface area (TPSA) is 46.6 Å². The predicted octanol–water partition coefficient (Wildman–Crippen LogP) is 2.76. The van der Waals surface area contributed by atoms with E-state index in [-0.39, 0.29) is 17.8 Å². The number of halogens is 1. The standard InChI is InChI=1S/C16H18ClNO3/c1-21-16(20)13-6-4-10-18(11-13)15(19)9-8-12-5-2-3-7-14(12)17/h2-3,5,7-9,13H,4,6,10-11H2,1H3/b9-8+. The largest absolute Gasteiger partial charge is 0.469 e. The van der Waals surface area contributed by atoms with E-state index in [9.17, 15) is 9.59 Å². The molecule has 5 heteroatoms. The Labute approximate surface area is 129 Å². The Morgan fingerprint density at radius 1 is 1.38 bits per heavy atom. The molecule has 1 aromatic rings. The lowest BCUT2D eigenvalue weighted by molar-refractivity contribution is -0.148. The molecular weight excluding hydrogens is 290 g/mol. The van der Waals surface area contributed by atoms with Crippen molar-refractivity contribution in [3.05, 3.63) is 40.9 Å². The zero-order chi connectivity index (χ0) is 15.2. The van der Waals surface area contributed by atoms with Crippen LogP contribution in [0, 0.1) is 5.92 Å². The lowest BCUT2D eigenvalue weighted by Gasteiger charge is -2.30.